The van der Waals surface area contributed by atoms with Gasteiger partial charge in [-0.05, 0) is 23.8 Å². The van der Waals surface area contributed by atoms with Gasteiger partial charge in [0.05, 0.1) is 24.4 Å². The van der Waals surface area contributed by atoms with Crippen molar-refractivity contribution in [2.24, 2.45) is 7.05 Å². The standard InChI is InChI=1S/C18H17N5O2S/c1-23-7-6-16(22-23)21-18-20-13-5-4-11(9-15(13)26-18)12-8-14(24-2)17(25-3)19-10-12/h4-10H,1-3H3,(H,20,21,22). The molecule has 7 nitrogen and oxygen atoms in total. The summed E-state index contributed by atoms with van der Waals surface area (Å²) in [5, 5.41) is 8.35. The number of pyridine rings is 1. The second kappa shape index (κ2) is 6.64. The Morgan fingerprint density at radius 2 is 1.96 bits per heavy atom. The fraction of sp³-hybridized carbons (Fsp3) is 0.167. The predicted octanol–water partition coefficient (Wildman–Crippen LogP) is 3.85. The van der Waals surface area contributed by atoms with E-state index in [-0.39, 0.29) is 0 Å². The third-order valence-electron chi connectivity index (χ3n) is 3.90. The monoisotopic (exact) mass is 367 g/mol. The van der Waals surface area contributed by atoms with Crippen LogP contribution in [0, 0.1) is 0 Å². The van der Waals surface area contributed by atoms with Crippen molar-refractivity contribution in [3.8, 4) is 22.8 Å². The quantitative estimate of drug-likeness (QED) is 0.577. The zero-order valence-electron chi connectivity index (χ0n) is 14.6. The van der Waals surface area contributed by atoms with Gasteiger partial charge in [-0.2, -0.15) is 5.10 Å². The minimum absolute atomic E-state index is 0.469. The number of thiazole rings is 1. The maximum absolute atomic E-state index is 5.34. The molecule has 132 valence electrons. The van der Waals surface area contributed by atoms with Crippen LogP contribution in [0.3, 0.4) is 0 Å². The summed E-state index contributed by atoms with van der Waals surface area (Å²) >= 11 is 1.58. The van der Waals surface area contributed by atoms with E-state index in [0.717, 1.165) is 32.3 Å². The van der Waals surface area contributed by atoms with Gasteiger partial charge in [-0.15, -0.1) is 0 Å². The molecule has 0 bridgehead atoms. The summed E-state index contributed by atoms with van der Waals surface area (Å²) in [5.41, 5.74) is 2.93. The summed E-state index contributed by atoms with van der Waals surface area (Å²) in [4.78, 5) is 8.92. The van der Waals surface area contributed by atoms with Crippen molar-refractivity contribution in [3.05, 3.63) is 42.7 Å². The van der Waals surface area contributed by atoms with Crippen molar-refractivity contribution >= 4 is 32.5 Å². The van der Waals surface area contributed by atoms with E-state index in [9.17, 15) is 0 Å². The number of hydrogen-bond donors (Lipinski definition) is 1. The van der Waals surface area contributed by atoms with Gasteiger partial charge in [0, 0.05) is 31.1 Å². The van der Waals surface area contributed by atoms with Crippen LogP contribution in [-0.2, 0) is 7.05 Å². The molecule has 4 rings (SSSR count). The third kappa shape index (κ3) is 3.06. The van der Waals surface area contributed by atoms with Gasteiger partial charge >= 0.3 is 0 Å². The van der Waals surface area contributed by atoms with E-state index < -0.39 is 0 Å². The smallest absolute Gasteiger partial charge is 0.256 e. The predicted molar refractivity (Wildman–Crippen MR) is 102 cm³/mol. The summed E-state index contributed by atoms with van der Waals surface area (Å²) in [7, 11) is 5.06. The van der Waals surface area contributed by atoms with Gasteiger partial charge < -0.3 is 14.8 Å². The molecule has 3 aromatic heterocycles. The summed E-state index contributed by atoms with van der Waals surface area (Å²) in [5.74, 6) is 1.85. The second-order valence-corrected chi connectivity index (χ2v) is 6.67. The lowest BCUT2D eigenvalue weighted by molar-refractivity contribution is 0.343. The molecule has 0 unspecified atom stereocenters. The van der Waals surface area contributed by atoms with Crippen LogP contribution in [0.2, 0.25) is 0 Å². The van der Waals surface area contributed by atoms with E-state index in [1.807, 2.05) is 37.5 Å². The van der Waals surface area contributed by atoms with E-state index in [1.54, 1.807) is 36.4 Å². The Bertz CT molecular complexity index is 1070. The van der Waals surface area contributed by atoms with Crippen LogP contribution >= 0.6 is 11.3 Å². The molecule has 0 radical (unpaired) electrons. The Hall–Kier alpha value is -3.13. The van der Waals surface area contributed by atoms with E-state index in [4.69, 9.17) is 9.47 Å². The summed E-state index contributed by atoms with van der Waals surface area (Å²) in [6, 6.07) is 9.95. The first-order valence-electron chi connectivity index (χ1n) is 7.92. The first-order chi connectivity index (χ1) is 12.7. The number of fused-ring (bicyclic) bond motifs is 1. The Morgan fingerprint density at radius 1 is 1.08 bits per heavy atom. The number of benzene rings is 1. The van der Waals surface area contributed by atoms with E-state index in [0.29, 0.717) is 11.6 Å². The van der Waals surface area contributed by atoms with Crippen LogP contribution in [0.4, 0.5) is 10.9 Å². The largest absolute Gasteiger partial charge is 0.491 e. The molecular weight excluding hydrogens is 350 g/mol. The average molecular weight is 367 g/mol. The van der Waals surface area contributed by atoms with Gasteiger partial charge in [-0.3, -0.25) is 4.68 Å². The van der Waals surface area contributed by atoms with Gasteiger partial charge in [0.15, 0.2) is 16.7 Å². The highest BCUT2D eigenvalue weighted by Crippen LogP contribution is 2.34. The number of hydrogen-bond acceptors (Lipinski definition) is 7. The van der Waals surface area contributed by atoms with Crippen molar-refractivity contribution in [3.63, 3.8) is 0 Å². The molecule has 26 heavy (non-hydrogen) atoms. The Morgan fingerprint density at radius 3 is 2.69 bits per heavy atom. The van der Waals surface area contributed by atoms with Crippen LogP contribution in [-0.4, -0.2) is 34.0 Å². The van der Waals surface area contributed by atoms with Crippen LogP contribution in [0.25, 0.3) is 21.3 Å². The molecule has 0 saturated carbocycles. The molecule has 3 heterocycles. The van der Waals surface area contributed by atoms with Gasteiger partial charge in [0.25, 0.3) is 5.88 Å². The molecule has 0 amide bonds. The summed E-state index contributed by atoms with van der Waals surface area (Å²) in [6.07, 6.45) is 3.66. The fourth-order valence-corrected chi connectivity index (χ4v) is 3.55. The van der Waals surface area contributed by atoms with Crippen LogP contribution in [0.15, 0.2) is 42.7 Å². The molecule has 0 aliphatic rings. The number of anilines is 2. The highest BCUT2D eigenvalue weighted by atomic mass is 32.1. The fourth-order valence-electron chi connectivity index (χ4n) is 2.64. The van der Waals surface area contributed by atoms with Crippen LogP contribution in [0.5, 0.6) is 11.6 Å². The molecule has 4 aromatic rings. The minimum atomic E-state index is 0.469. The number of aryl methyl sites for hydroxylation is 1. The summed E-state index contributed by atoms with van der Waals surface area (Å²) in [6.45, 7) is 0. The first-order valence-corrected chi connectivity index (χ1v) is 8.73. The zero-order valence-corrected chi connectivity index (χ0v) is 15.4. The highest BCUT2D eigenvalue weighted by molar-refractivity contribution is 7.22. The maximum atomic E-state index is 5.34. The number of aromatic nitrogens is 4. The molecule has 0 spiro atoms. The molecule has 8 heteroatoms. The molecule has 1 aromatic carbocycles. The Kier molecular flexibility index (Phi) is 4.18. The summed E-state index contributed by atoms with van der Waals surface area (Å²) < 4.78 is 13.4. The Labute approximate surface area is 154 Å². The topological polar surface area (TPSA) is 74.1 Å². The van der Waals surface area contributed by atoms with E-state index in [1.165, 1.54) is 0 Å². The van der Waals surface area contributed by atoms with Gasteiger partial charge in [-0.1, -0.05) is 17.4 Å². The highest BCUT2D eigenvalue weighted by Gasteiger charge is 2.10. The molecule has 0 fully saturated rings. The molecule has 0 aliphatic heterocycles. The normalized spacial score (nSPS) is 10.9. The lowest BCUT2D eigenvalue weighted by Crippen LogP contribution is -1.93. The van der Waals surface area contributed by atoms with Crippen molar-refractivity contribution in [1.29, 1.82) is 0 Å². The maximum Gasteiger partial charge on any atom is 0.256 e. The Balaban J connectivity index is 1.67. The lowest BCUT2D eigenvalue weighted by Gasteiger charge is -2.08. The van der Waals surface area contributed by atoms with Crippen molar-refractivity contribution in [2.45, 2.75) is 0 Å². The third-order valence-corrected chi connectivity index (χ3v) is 4.84. The van der Waals surface area contributed by atoms with Crippen LogP contribution in [0.1, 0.15) is 0 Å². The molecule has 0 saturated heterocycles. The SMILES string of the molecule is COc1cc(-c2ccc3nc(Nc4ccn(C)n4)sc3c2)cnc1OC. The van der Waals surface area contributed by atoms with E-state index in [2.05, 4.69) is 26.4 Å². The van der Waals surface area contributed by atoms with Crippen molar-refractivity contribution in [1.82, 2.24) is 19.7 Å². The molecule has 0 atom stereocenters. The van der Waals surface area contributed by atoms with Crippen molar-refractivity contribution in [2.75, 3.05) is 19.5 Å². The van der Waals surface area contributed by atoms with Crippen LogP contribution < -0.4 is 14.8 Å². The number of methoxy groups -OCH3 is 2. The first kappa shape index (κ1) is 16.3. The number of nitrogens with zero attached hydrogens (tertiary/aromatic N) is 4. The number of nitrogens with one attached hydrogen (secondary N) is 1. The second-order valence-electron chi connectivity index (χ2n) is 5.64. The zero-order chi connectivity index (χ0) is 18.1. The van der Waals surface area contributed by atoms with E-state index >= 15 is 0 Å². The van der Waals surface area contributed by atoms with Gasteiger partial charge in [0.2, 0.25) is 0 Å². The lowest BCUT2D eigenvalue weighted by atomic mass is 10.1. The van der Waals surface area contributed by atoms with Gasteiger partial charge in [-0.25, -0.2) is 9.97 Å². The molecule has 0 aliphatic carbocycles. The van der Waals surface area contributed by atoms with Crippen molar-refractivity contribution < 1.29 is 9.47 Å². The van der Waals surface area contributed by atoms with Gasteiger partial charge in [0.1, 0.15) is 0 Å². The number of ether oxygens (including phenoxy) is 2. The molecule has 1 N–H and O–H groups in total. The average Bonchev–Trinajstić information content (AvgIpc) is 3.25. The number of rotatable bonds is 5. The minimum Gasteiger partial charge on any atom is -0.491 e. The molecular formula is C18H17N5O2S.